The van der Waals surface area contributed by atoms with Crippen molar-refractivity contribution < 1.29 is 14.2 Å². The lowest BCUT2D eigenvalue weighted by atomic mass is 9.87. The zero-order valence-electron chi connectivity index (χ0n) is 12.6. The van der Waals surface area contributed by atoms with E-state index in [4.69, 9.17) is 19.9 Å². The van der Waals surface area contributed by atoms with Gasteiger partial charge < -0.3 is 19.9 Å². The molecule has 0 aliphatic rings. The maximum absolute atomic E-state index is 6.37. The van der Waals surface area contributed by atoms with E-state index < -0.39 is 0 Å². The van der Waals surface area contributed by atoms with Gasteiger partial charge in [0.2, 0.25) is 5.75 Å². The van der Waals surface area contributed by atoms with E-state index in [1.807, 2.05) is 12.1 Å². The first-order valence-corrected chi connectivity index (χ1v) is 6.61. The van der Waals surface area contributed by atoms with Crippen LogP contribution in [0, 0.1) is 0 Å². The first kappa shape index (κ1) is 15.6. The van der Waals surface area contributed by atoms with E-state index in [0.717, 1.165) is 24.8 Å². The standard InChI is InChI=1S/C15H25NO3/c1-6-15(16,7-2)10-11-8-12(17-3)14(19-5)13(9-11)18-4/h8-9H,6-7,10,16H2,1-5H3. The summed E-state index contributed by atoms with van der Waals surface area (Å²) in [4.78, 5) is 0. The van der Waals surface area contributed by atoms with Crippen molar-refractivity contribution in [3.8, 4) is 17.2 Å². The Labute approximate surface area is 115 Å². The molecule has 0 atom stereocenters. The molecule has 0 heterocycles. The Hall–Kier alpha value is -1.42. The molecule has 19 heavy (non-hydrogen) atoms. The van der Waals surface area contributed by atoms with Gasteiger partial charge in [-0.15, -0.1) is 0 Å². The van der Waals surface area contributed by atoms with E-state index in [-0.39, 0.29) is 5.54 Å². The van der Waals surface area contributed by atoms with Crippen LogP contribution < -0.4 is 19.9 Å². The lowest BCUT2D eigenvalue weighted by molar-refractivity contribution is 0.322. The Morgan fingerprint density at radius 1 is 0.947 bits per heavy atom. The van der Waals surface area contributed by atoms with Gasteiger partial charge in [-0.05, 0) is 37.0 Å². The zero-order valence-corrected chi connectivity index (χ0v) is 12.6. The predicted octanol–water partition coefficient (Wildman–Crippen LogP) is 2.77. The molecule has 0 unspecified atom stereocenters. The van der Waals surface area contributed by atoms with Crippen LogP contribution in [0.3, 0.4) is 0 Å². The molecule has 1 aromatic carbocycles. The fourth-order valence-electron chi connectivity index (χ4n) is 2.14. The molecule has 0 aliphatic carbocycles. The van der Waals surface area contributed by atoms with Crippen LogP contribution in [0.2, 0.25) is 0 Å². The van der Waals surface area contributed by atoms with E-state index in [9.17, 15) is 0 Å². The number of methoxy groups -OCH3 is 3. The second kappa shape index (κ2) is 6.66. The van der Waals surface area contributed by atoms with Gasteiger partial charge in [-0.25, -0.2) is 0 Å². The Morgan fingerprint density at radius 2 is 1.42 bits per heavy atom. The molecule has 2 N–H and O–H groups in total. The molecule has 1 rings (SSSR count). The van der Waals surface area contributed by atoms with Crippen LogP contribution in [0.1, 0.15) is 32.3 Å². The fourth-order valence-corrected chi connectivity index (χ4v) is 2.14. The van der Waals surface area contributed by atoms with Crippen LogP contribution in [-0.2, 0) is 6.42 Å². The number of hydrogen-bond acceptors (Lipinski definition) is 4. The highest BCUT2D eigenvalue weighted by atomic mass is 16.5. The summed E-state index contributed by atoms with van der Waals surface area (Å²) in [5.74, 6) is 1.96. The Morgan fingerprint density at radius 3 is 1.74 bits per heavy atom. The number of rotatable bonds is 7. The predicted molar refractivity (Wildman–Crippen MR) is 77.3 cm³/mol. The minimum Gasteiger partial charge on any atom is -0.493 e. The van der Waals surface area contributed by atoms with Crippen molar-refractivity contribution in [1.82, 2.24) is 0 Å². The topological polar surface area (TPSA) is 53.7 Å². The van der Waals surface area contributed by atoms with Crippen molar-refractivity contribution in [1.29, 1.82) is 0 Å². The molecule has 0 saturated heterocycles. The van der Waals surface area contributed by atoms with Crippen LogP contribution >= 0.6 is 0 Å². The summed E-state index contributed by atoms with van der Waals surface area (Å²) in [6.45, 7) is 4.23. The molecule has 1 aromatic rings. The largest absolute Gasteiger partial charge is 0.493 e. The number of ether oxygens (including phenoxy) is 3. The van der Waals surface area contributed by atoms with Crippen molar-refractivity contribution in [2.75, 3.05) is 21.3 Å². The van der Waals surface area contributed by atoms with Gasteiger partial charge in [-0.3, -0.25) is 0 Å². The smallest absolute Gasteiger partial charge is 0.203 e. The highest BCUT2D eigenvalue weighted by molar-refractivity contribution is 5.54. The zero-order chi connectivity index (χ0) is 14.5. The number of hydrogen-bond donors (Lipinski definition) is 1. The summed E-state index contributed by atoms with van der Waals surface area (Å²) >= 11 is 0. The summed E-state index contributed by atoms with van der Waals surface area (Å²) < 4.78 is 16.0. The lowest BCUT2D eigenvalue weighted by Gasteiger charge is -2.27. The Balaban J connectivity index is 3.16. The average Bonchev–Trinajstić information content (AvgIpc) is 2.45. The molecule has 0 aliphatic heterocycles. The average molecular weight is 267 g/mol. The van der Waals surface area contributed by atoms with E-state index in [2.05, 4.69) is 13.8 Å². The summed E-state index contributed by atoms with van der Waals surface area (Å²) in [6.07, 6.45) is 2.65. The van der Waals surface area contributed by atoms with Gasteiger partial charge in [-0.2, -0.15) is 0 Å². The Kier molecular flexibility index (Phi) is 5.48. The molecular weight excluding hydrogens is 242 g/mol. The molecule has 0 fully saturated rings. The Bertz CT molecular complexity index is 389. The molecule has 0 spiro atoms. The molecule has 0 amide bonds. The van der Waals surface area contributed by atoms with E-state index in [1.54, 1.807) is 21.3 Å². The summed E-state index contributed by atoms with van der Waals surface area (Å²) in [5.41, 5.74) is 7.28. The van der Waals surface area contributed by atoms with Gasteiger partial charge in [0.25, 0.3) is 0 Å². The molecule has 4 heteroatoms. The second-order valence-electron chi connectivity index (χ2n) is 4.78. The molecule has 4 nitrogen and oxygen atoms in total. The monoisotopic (exact) mass is 267 g/mol. The van der Waals surface area contributed by atoms with Gasteiger partial charge >= 0.3 is 0 Å². The van der Waals surface area contributed by atoms with Gasteiger partial charge in [0.15, 0.2) is 11.5 Å². The normalized spacial score (nSPS) is 11.3. The summed E-state index contributed by atoms with van der Waals surface area (Å²) in [5, 5.41) is 0. The van der Waals surface area contributed by atoms with Crippen LogP contribution in [0.5, 0.6) is 17.2 Å². The third-order valence-electron chi connectivity index (χ3n) is 3.69. The molecule has 0 radical (unpaired) electrons. The minimum atomic E-state index is -0.190. The minimum absolute atomic E-state index is 0.190. The molecule has 0 aromatic heterocycles. The van der Waals surface area contributed by atoms with Crippen LogP contribution in [0.4, 0.5) is 0 Å². The van der Waals surface area contributed by atoms with Gasteiger partial charge in [0, 0.05) is 5.54 Å². The molecule has 0 saturated carbocycles. The van der Waals surface area contributed by atoms with Crippen molar-refractivity contribution in [3.05, 3.63) is 17.7 Å². The number of benzene rings is 1. The lowest BCUT2D eigenvalue weighted by Crippen LogP contribution is -2.40. The third kappa shape index (κ3) is 3.53. The van der Waals surface area contributed by atoms with E-state index in [1.165, 1.54) is 0 Å². The van der Waals surface area contributed by atoms with E-state index >= 15 is 0 Å². The first-order valence-electron chi connectivity index (χ1n) is 6.61. The van der Waals surface area contributed by atoms with Gasteiger partial charge in [0.05, 0.1) is 21.3 Å². The van der Waals surface area contributed by atoms with Crippen LogP contribution in [0.25, 0.3) is 0 Å². The van der Waals surface area contributed by atoms with E-state index in [0.29, 0.717) is 17.2 Å². The van der Waals surface area contributed by atoms with Crippen LogP contribution in [-0.4, -0.2) is 26.9 Å². The molecule has 0 bridgehead atoms. The highest BCUT2D eigenvalue weighted by Crippen LogP contribution is 2.39. The SMILES string of the molecule is CCC(N)(CC)Cc1cc(OC)c(OC)c(OC)c1. The second-order valence-corrected chi connectivity index (χ2v) is 4.78. The maximum Gasteiger partial charge on any atom is 0.203 e. The first-order chi connectivity index (χ1) is 9.03. The van der Waals surface area contributed by atoms with Crippen molar-refractivity contribution in [2.24, 2.45) is 5.73 Å². The van der Waals surface area contributed by atoms with Crippen LogP contribution in [0.15, 0.2) is 12.1 Å². The fraction of sp³-hybridized carbons (Fsp3) is 0.600. The summed E-state index contributed by atoms with van der Waals surface area (Å²) in [7, 11) is 4.85. The number of nitrogens with two attached hydrogens (primary N) is 1. The third-order valence-corrected chi connectivity index (χ3v) is 3.69. The quantitative estimate of drug-likeness (QED) is 0.825. The highest BCUT2D eigenvalue weighted by Gasteiger charge is 2.23. The van der Waals surface area contributed by atoms with Crippen molar-refractivity contribution in [2.45, 2.75) is 38.6 Å². The maximum atomic E-state index is 6.37. The summed E-state index contributed by atoms with van der Waals surface area (Å²) in [6, 6.07) is 3.93. The van der Waals surface area contributed by atoms with Gasteiger partial charge in [0.1, 0.15) is 0 Å². The molecular formula is C15H25NO3. The molecule has 108 valence electrons. The van der Waals surface area contributed by atoms with Crippen molar-refractivity contribution >= 4 is 0 Å². The van der Waals surface area contributed by atoms with Gasteiger partial charge in [-0.1, -0.05) is 13.8 Å². The van der Waals surface area contributed by atoms with Crippen molar-refractivity contribution in [3.63, 3.8) is 0 Å².